The normalized spacial score (nSPS) is 22.8. The van der Waals surface area contributed by atoms with Crippen LogP contribution in [0.5, 0.6) is 0 Å². The fourth-order valence-corrected chi connectivity index (χ4v) is 4.67. The molecule has 1 saturated carbocycles. The third-order valence-corrected chi connectivity index (χ3v) is 6.50. The second kappa shape index (κ2) is 10.9. The van der Waals surface area contributed by atoms with E-state index < -0.39 is 6.04 Å². The molecule has 6 heteroatoms. The van der Waals surface area contributed by atoms with Crippen molar-refractivity contribution in [3.63, 3.8) is 0 Å². The van der Waals surface area contributed by atoms with Crippen LogP contribution in [0.2, 0.25) is 0 Å². The third-order valence-electron chi connectivity index (χ3n) is 6.50. The quantitative estimate of drug-likeness (QED) is 0.668. The number of nitrogens with one attached hydrogen (secondary N) is 2. The number of hydrogen-bond donors (Lipinski definition) is 2. The smallest absolute Gasteiger partial charge is 0.251 e. The summed E-state index contributed by atoms with van der Waals surface area (Å²) in [4.78, 5) is 39.7. The molecule has 1 aliphatic heterocycles. The summed E-state index contributed by atoms with van der Waals surface area (Å²) in [6, 6.07) is 18.7. The van der Waals surface area contributed by atoms with E-state index in [1.807, 2.05) is 60.7 Å². The van der Waals surface area contributed by atoms with E-state index >= 15 is 0 Å². The van der Waals surface area contributed by atoms with Crippen molar-refractivity contribution in [2.24, 2.45) is 0 Å². The number of likely N-dealkylation sites (tertiary alicyclic amines) is 1. The van der Waals surface area contributed by atoms with Gasteiger partial charge in [-0.15, -0.1) is 0 Å². The zero-order valence-corrected chi connectivity index (χ0v) is 18.8. The Kier molecular flexibility index (Phi) is 7.55. The highest BCUT2D eigenvalue weighted by atomic mass is 16.2. The first-order valence-corrected chi connectivity index (χ1v) is 11.8. The summed E-state index contributed by atoms with van der Waals surface area (Å²) < 4.78 is 0. The fraction of sp³-hybridized carbons (Fsp3) is 0.370. The number of carbonyl (C=O) groups is 3. The number of nitrogens with zero attached hydrogens (tertiary/aromatic N) is 1. The molecule has 2 fully saturated rings. The highest BCUT2D eigenvalue weighted by Crippen LogP contribution is 2.22. The second-order valence-electron chi connectivity index (χ2n) is 8.83. The first kappa shape index (κ1) is 22.8. The highest BCUT2D eigenvalue weighted by Gasteiger charge is 2.34. The van der Waals surface area contributed by atoms with Crippen LogP contribution in [0.15, 0.2) is 66.7 Å². The molecule has 0 unspecified atom stereocenters. The zero-order chi connectivity index (χ0) is 23.0. The largest absolute Gasteiger partial charge is 0.352 e. The summed E-state index contributed by atoms with van der Waals surface area (Å²) in [6.45, 7) is 0.605. The summed E-state index contributed by atoms with van der Waals surface area (Å²) in [5, 5.41) is 6.26. The van der Waals surface area contributed by atoms with Crippen molar-refractivity contribution in [3.05, 3.63) is 77.9 Å². The Labute approximate surface area is 195 Å². The molecule has 1 aliphatic carbocycles. The summed E-state index contributed by atoms with van der Waals surface area (Å²) in [5.74, 6) is -0.235. The lowest BCUT2D eigenvalue weighted by Gasteiger charge is -2.31. The Morgan fingerprint density at radius 3 is 2.06 bits per heavy atom. The number of hydrogen-bond acceptors (Lipinski definition) is 3. The SMILES string of the molecule is O=C(NC1CCC(NC(=O)[C@@H]2CCCN2C(=O)/C=C/c2ccccc2)CC1)c1ccccc1. The van der Waals surface area contributed by atoms with Gasteiger partial charge in [-0.05, 0) is 62.3 Å². The van der Waals surface area contributed by atoms with Crippen LogP contribution in [0.25, 0.3) is 6.08 Å². The van der Waals surface area contributed by atoms with E-state index in [4.69, 9.17) is 0 Å². The minimum atomic E-state index is -0.409. The van der Waals surface area contributed by atoms with Gasteiger partial charge in [0.05, 0.1) is 0 Å². The van der Waals surface area contributed by atoms with E-state index in [2.05, 4.69) is 10.6 Å². The van der Waals surface area contributed by atoms with E-state index in [1.165, 1.54) is 0 Å². The summed E-state index contributed by atoms with van der Waals surface area (Å²) in [6.07, 6.45) is 8.18. The van der Waals surface area contributed by atoms with Crippen LogP contribution in [-0.4, -0.2) is 47.3 Å². The zero-order valence-electron chi connectivity index (χ0n) is 18.8. The van der Waals surface area contributed by atoms with E-state index in [1.54, 1.807) is 17.1 Å². The van der Waals surface area contributed by atoms with Crippen LogP contribution in [0.1, 0.15) is 54.4 Å². The average Bonchev–Trinajstić information content (AvgIpc) is 3.35. The van der Waals surface area contributed by atoms with Gasteiger partial charge >= 0.3 is 0 Å². The molecule has 0 aromatic heterocycles. The Balaban J connectivity index is 1.25. The summed E-state index contributed by atoms with van der Waals surface area (Å²) in [7, 11) is 0. The Bertz CT molecular complexity index is 982. The van der Waals surface area contributed by atoms with Crippen molar-refractivity contribution in [1.29, 1.82) is 0 Å². The molecule has 6 nitrogen and oxygen atoms in total. The maximum absolute atomic E-state index is 12.9. The van der Waals surface area contributed by atoms with Gasteiger partial charge in [-0.2, -0.15) is 0 Å². The van der Waals surface area contributed by atoms with Gasteiger partial charge in [0.1, 0.15) is 6.04 Å². The standard InChI is InChI=1S/C27H31N3O3/c31-25(18-13-20-8-3-1-4-9-20)30-19-7-12-24(30)27(33)29-23-16-14-22(15-17-23)28-26(32)21-10-5-2-6-11-21/h1-6,8-11,13,18,22-24H,7,12,14-17,19H2,(H,28,32)(H,29,33)/b18-13+/t22?,23?,24-/m0/s1. The predicted molar refractivity (Wildman–Crippen MR) is 128 cm³/mol. The number of benzene rings is 2. The molecule has 33 heavy (non-hydrogen) atoms. The van der Waals surface area contributed by atoms with Gasteiger partial charge in [-0.3, -0.25) is 14.4 Å². The van der Waals surface area contributed by atoms with Gasteiger partial charge in [0, 0.05) is 30.3 Å². The fourth-order valence-electron chi connectivity index (χ4n) is 4.67. The molecule has 1 heterocycles. The lowest BCUT2D eigenvalue weighted by molar-refractivity contribution is -0.135. The molecule has 2 N–H and O–H groups in total. The van der Waals surface area contributed by atoms with Crippen LogP contribution < -0.4 is 10.6 Å². The summed E-state index contributed by atoms with van der Waals surface area (Å²) in [5.41, 5.74) is 1.63. The van der Waals surface area contributed by atoms with Gasteiger partial charge in [-0.25, -0.2) is 0 Å². The Hall–Kier alpha value is -3.41. The number of amides is 3. The lowest BCUT2D eigenvalue weighted by Crippen LogP contribution is -2.50. The van der Waals surface area contributed by atoms with Crippen LogP contribution in [0, 0.1) is 0 Å². The summed E-state index contributed by atoms with van der Waals surface area (Å²) >= 11 is 0. The maximum atomic E-state index is 12.9. The molecule has 1 saturated heterocycles. The molecule has 3 amide bonds. The molecule has 2 aromatic carbocycles. The van der Waals surface area contributed by atoms with Gasteiger partial charge in [-0.1, -0.05) is 48.5 Å². The molecule has 172 valence electrons. The lowest BCUT2D eigenvalue weighted by atomic mass is 9.90. The van der Waals surface area contributed by atoms with Crippen molar-refractivity contribution in [3.8, 4) is 0 Å². The second-order valence-corrected chi connectivity index (χ2v) is 8.83. The predicted octanol–water partition coefficient (Wildman–Crippen LogP) is 3.55. The Morgan fingerprint density at radius 1 is 0.788 bits per heavy atom. The first-order valence-electron chi connectivity index (χ1n) is 11.8. The van der Waals surface area contributed by atoms with E-state index in [0.29, 0.717) is 18.5 Å². The van der Waals surface area contributed by atoms with Crippen LogP contribution in [0.3, 0.4) is 0 Å². The first-order chi connectivity index (χ1) is 16.1. The van der Waals surface area contributed by atoms with Gasteiger partial charge in [0.2, 0.25) is 11.8 Å². The Morgan fingerprint density at radius 2 is 1.39 bits per heavy atom. The van der Waals surface area contributed by atoms with Crippen molar-refractivity contribution < 1.29 is 14.4 Å². The molecule has 0 bridgehead atoms. The van der Waals surface area contributed by atoms with Crippen molar-refractivity contribution in [2.75, 3.05) is 6.54 Å². The minimum Gasteiger partial charge on any atom is -0.352 e. The molecule has 2 aliphatic rings. The minimum absolute atomic E-state index is 0.0493. The van der Waals surface area contributed by atoms with Crippen LogP contribution in [0.4, 0.5) is 0 Å². The van der Waals surface area contributed by atoms with Crippen molar-refractivity contribution in [2.45, 2.75) is 56.7 Å². The molecule has 0 spiro atoms. The van der Waals surface area contributed by atoms with Gasteiger partial charge in [0.15, 0.2) is 0 Å². The van der Waals surface area contributed by atoms with Crippen molar-refractivity contribution >= 4 is 23.8 Å². The molecular formula is C27H31N3O3. The topological polar surface area (TPSA) is 78.5 Å². The van der Waals surface area contributed by atoms with E-state index in [0.717, 1.165) is 37.7 Å². The third kappa shape index (κ3) is 6.09. The number of rotatable bonds is 6. The monoisotopic (exact) mass is 445 g/mol. The molecule has 0 radical (unpaired) electrons. The van der Waals surface area contributed by atoms with E-state index in [-0.39, 0.29) is 29.8 Å². The van der Waals surface area contributed by atoms with Crippen molar-refractivity contribution in [1.82, 2.24) is 15.5 Å². The number of carbonyl (C=O) groups excluding carboxylic acids is 3. The molecular weight excluding hydrogens is 414 g/mol. The molecule has 2 aromatic rings. The van der Waals surface area contributed by atoms with Crippen LogP contribution in [-0.2, 0) is 9.59 Å². The highest BCUT2D eigenvalue weighted by molar-refractivity contribution is 5.96. The van der Waals surface area contributed by atoms with Gasteiger partial charge in [0.25, 0.3) is 5.91 Å². The average molecular weight is 446 g/mol. The van der Waals surface area contributed by atoms with Crippen LogP contribution >= 0.6 is 0 Å². The van der Waals surface area contributed by atoms with Gasteiger partial charge < -0.3 is 15.5 Å². The molecule has 4 rings (SSSR count). The maximum Gasteiger partial charge on any atom is 0.251 e. The molecule has 1 atom stereocenters. The van der Waals surface area contributed by atoms with E-state index in [9.17, 15) is 14.4 Å².